The molecule has 0 N–H and O–H groups in total. The van der Waals surface area contributed by atoms with E-state index in [1.807, 2.05) is 6.07 Å². The molecule has 2 nitrogen and oxygen atoms in total. The summed E-state index contributed by atoms with van der Waals surface area (Å²) in [4.78, 5) is 2.40. The first kappa shape index (κ1) is 15.3. The Morgan fingerprint density at radius 2 is 2.15 bits per heavy atom. The Morgan fingerprint density at radius 1 is 1.40 bits per heavy atom. The van der Waals surface area contributed by atoms with Crippen molar-refractivity contribution < 1.29 is 9.13 Å². The number of hydrogen-bond acceptors (Lipinski definition) is 2. The van der Waals surface area contributed by atoms with Gasteiger partial charge in [-0.3, -0.25) is 4.90 Å². The molecule has 1 aliphatic heterocycles. The maximum absolute atomic E-state index is 14.1. The molecule has 0 spiro atoms. The average molecular weight is 279 g/mol. The lowest BCUT2D eigenvalue weighted by Crippen LogP contribution is -2.44. The molecule has 0 amide bonds. The minimum atomic E-state index is -0.164. The molecule has 0 aliphatic carbocycles. The molecule has 2 unspecified atom stereocenters. The molecule has 1 aromatic rings. The van der Waals surface area contributed by atoms with Crippen LogP contribution < -0.4 is 4.74 Å². The molecule has 2 rings (SSSR count). The standard InChI is InChI=1S/C17H26FNO/c1-12(2)14-7-6-10-19(13(14)3)11-15-16(18)8-5-9-17(15)20-4/h5,8-9,12-14H,6-7,10-11H2,1-4H3. The van der Waals surface area contributed by atoms with Crippen LogP contribution >= 0.6 is 0 Å². The highest BCUT2D eigenvalue weighted by atomic mass is 19.1. The van der Waals surface area contributed by atoms with Crippen LogP contribution in [0.25, 0.3) is 0 Å². The van der Waals surface area contributed by atoms with Gasteiger partial charge in [0.2, 0.25) is 0 Å². The smallest absolute Gasteiger partial charge is 0.131 e. The van der Waals surface area contributed by atoms with Crippen molar-refractivity contribution in [2.45, 2.75) is 46.2 Å². The first-order valence-corrected chi connectivity index (χ1v) is 7.60. The van der Waals surface area contributed by atoms with Crippen LogP contribution in [-0.4, -0.2) is 24.6 Å². The van der Waals surface area contributed by atoms with Gasteiger partial charge in [0, 0.05) is 18.2 Å². The topological polar surface area (TPSA) is 12.5 Å². The van der Waals surface area contributed by atoms with Crippen molar-refractivity contribution in [3.8, 4) is 5.75 Å². The van der Waals surface area contributed by atoms with Gasteiger partial charge in [0.1, 0.15) is 11.6 Å². The van der Waals surface area contributed by atoms with Gasteiger partial charge in [-0.05, 0) is 50.3 Å². The van der Waals surface area contributed by atoms with Gasteiger partial charge in [0.05, 0.1) is 7.11 Å². The van der Waals surface area contributed by atoms with Crippen molar-refractivity contribution in [3.05, 3.63) is 29.6 Å². The second-order valence-corrected chi connectivity index (χ2v) is 6.18. The average Bonchev–Trinajstić information content (AvgIpc) is 2.42. The summed E-state index contributed by atoms with van der Waals surface area (Å²) in [5.41, 5.74) is 0.686. The van der Waals surface area contributed by atoms with E-state index in [2.05, 4.69) is 25.7 Å². The molecule has 1 heterocycles. The Hall–Kier alpha value is -1.09. The first-order valence-electron chi connectivity index (χ1n) is 7.60. The van der Waals surface area contributed by atoms with Gasteiger partial charge in [0.15, 0.2) is 0 Å². The number of benzene rings is 1. The van der Waals surface area contributed by atoms with E-state index in [1.165, 1.54) is 18.9 Å². The summed E-state index contributed by atoms with van der Waals surface area (Å²) < 4.78 is 19.4. The van der Waals surface area contributed by atoms with E-state index in [1.54, 1.807) is 13.2 Å². The zero-order chi connectivity index (χ0) is 14.7. The molecular formula is C17H26FNO. The molecular weight excluding hydrogens is 253 g/mol. The number of likely N-dealkylation sites (tertiary alicyclic amines) is 1. The predicted molar refractivity (Wildman–Crippen MR) is 80.4 cm³/mol. The van der Waals surface area contributed by atoms with Crippen LogP contribution in [0.4, 0.5) is 4.39 Å². The molecule has 0 saturated carbocycles. The fourth-order valence-corrected chi connectivity index (χ4v) is 3.45. The zero-order valence-corrected chi connectivity index (χ0v) is 13.0. The number of methoxy groups -OCH3 is 1. The third kappa shape index (κ3) is 3.14. The summed E-state index contributed by atoms with van der Waals surface area (Å²) in [6.07, 6.45) is 2.48. The van der Waals surface area contributed by atoms with Crippen LogP contribution in [0.15, 0.2) is 18.2 Å². The lowest BCUT2D eigenvalue weighted by Gasteiger charge is -2.41. The van der Waals surface area contributed by atoms with Crippen LogP contribution in [0, 0.1) is 17.7 Å². The predicted octanol–water partition coefficient (Wildman–Crippen LogP) is 4.09. The minimum Gasteiger partial charge on any atom is -0.496 e. The van der Waals surface area contributed by atoms with Gasteiger partial charge < -0.3 is 4.74 Å². The number of hydrogen-bond donors (Lipinski definition) is 0. The van der Waals surface area contributed by atoms with Crippen LogP contribution in [0.2, 0.25) is 0 Å². The van der Waals surface area contributed by atoms with Crippen LogP contribution in [0.1, 0.15) is 39.2 Å². The van der Waals surface area contributed by atoms with Crippen molar-refractivity contribution >= 4 is 0 Å². The van der Waals surface area contributed by atoms with Gasteiger partial charge in [0.25, 0.3) is 0 Å². The molecule has 1 fully saturated rings. The lowest BCUT2D eigenvalue weighted by molar-refractivity contribution is 0.0715. The zero-order valence-electron chi connectivity index (χ0n) is 13.0. The molecule has 112 valence electrons. The Bertz CT molecular complexity index is 447. The number of halogens is 1. The largest absolute Gasteiger partial charge is 0.496 e. The maximum atomic E-state index is 14.1. The molecule has 2 atom stereocenters. The third-order valence-electron chi connectivity index (χ3n) is 4.69. The Kier molecular flexibility index (Phi) is 5.03. The highest BCUT2D eigenvalue weighted by molar-refractivity contribution is 5.34. The van der Waals surface area contributed by atoms with Crippen molar-refractivity contribution in [2.75, 3.05) is 13.7 Å². The maximum Gasteiger partial charge on any atom is 0.131 e. The van der Waals surface area contributed by atoms with Gasteiger partial charge in [-0.25, -0.2) is 4.39 Å². The summed E-state index contributed by atoms with van der Waals surface area (Å²) in [6, 6.07) is 5.56. The minimum absolute atomic E-state index is 0.164. The van der Waals surface area contributed by atoms with Gasteiger partial charge in [-0.2, -0.15) is 0 Å². The van der Waals surface area contributed by atoms with E-state index < -0.39 is 0 Å². The van der Waals surface area contributed by atoms with E-state index in [-0.39, 0.29) is 5.82 Å². The summed E-state index contributed by atoms with van der Waals surface area (Å²) in [5.74, 6) is 1.86. The number of rotatable bonds is 4. The highest BCUT2D eigenvalue weighted by Crippen LogP contribution is 2.32. The Balaban J connectivity index is 2.17. The summed E-state index contributed by atoms with van der Waals surface area (Å²) in [5, 5.41) is 0. The van der Waals surface area contributed by atoms with E-state index >= 15 is 0 Å². The van der Waals surface area contributed by atoms with E-state index in [4.69, 9.17) is 4.74 Å². The molecule has 20 heavy (non-hydrogen) atoms. The van der Waals surface area contributed by atoms with E-state index in [0.717, 1.165) is 6.54 Å². The van der Waals surface area contributed by atoms with Crippen molar-refractivity contribution in [1.29, 1.82) is 0 Å². The number of nitrogens with zero attached hydrogens (tertiary/aromatic N) is 1. The third-order valence-corrected chi connectivity index (χ3v) is 4.69. The molecule has 0 bridgehead atoms. The number of piperidine rings is 1. The molecule has 1 aliphatic rings. The molecule has 1 aromatic carbocycles. The monoisotopic (exact) mass is 279 g/mol. The fourth-order valence-electron chi connectivity index (χ4n) is 3.45. The van der Waals surface area contributed by atoms with Crippen molar-refractivity contribution in [3.63, 3.8) is 0 Å². The van der Waals surface area contributed by atoms with Crippen molar-refractivity contribution in [2.24, 2.45) is 11.8 Å². The summed E-state index contributed by atoms with van der Waals surface area (Å²) in [7, 11) is 1.61. The van der Waals surface area contributed by atoms with E-state index in [9.17, 15) is 4.39 Å². The van der Waals surface area contributed by atoms with Gasteiger partial charge >= 0.3 is 0 Å². The molecule has 1 saturated heterocycles. The Labute approximate surface area is 121 Å². The second kappa shape index (κ2) is 6.57. The van der Waals surface area contributed by atoms with Crippen LogP contribution in [-0.2, 0) is 6.54 Å². The highest BCUT2D eigenvalue weighted by Gasteiger charge is 2.30. The quantitative estimate of drug-likeness (QED) is 0.823. The summed E-state index contributed by atoms with van der Waals surface area (Å²) in [6.45, 7) is 8.53. The fraction of sp³-hybridized carbons (Fsp3) is 0.647. The number of ether oxygens (including phenoxy) is 1. The Morgan fingerprint density at radius 3 is 2.80 bits per heavy atom. The van der Waals surface area contributed by atoms with Gasteiger partial charge in [-0.1, -0.05) is 19.9 Å². The van der Waals surface area contributed by atoms with Crippen molar-refractivity contribution in [1.82, 2.24) is 4.90 Å². The molecule has 0 radical (unpaired) electrons. The summed E-state index contributed by atoms with van der Waals surface area (Å²) >= 11 is 0. The van der Waals surface area contributed by atoms with Crippen LogP contribution in [0.3, 0.4) is 0 Å². The van der Waals surface area contributed by atoms with Crippen LogP contribution in [0.5, 0.6) is 5.75 Å². The molecule has 3 heteroatoms. The normalized spacial score (nSPS) is 24.1. The first-order chi connectivity index (χ1) is 9.54. The van der Waals surface area contributed by atoms with Gasteiger partial charge in [-0.15, -0.1) is 0 Å². The second-order valence-electron chi connectivity index (χ2n) is 6.18. The SMILES string of the molecule is COc1cccc(F)c1CN1CCCC(C(C)C)C1C. The molecule has 0 aromatic heterocycles. The van der Waals surface area contributed by atoms with E-state index in [0.29, 0.717) is 35.7 Å². The lowest BCUT2D eigenvalue weighted by atomic mass is 9.81.